The number of hydrogen-bond donors (Lipinski definition) is 1. The van der Waals surface area contributed by atoms with Gasteiger partial charge in [0.15, 0.2) is 0 Å². The lowest BCUT2D eigenvalue weighted by molar-refractivity contribution is 0.0509. The smallest absolute Gasteiger partial charge is 0.408 e. The first-order chi connectivity index (χ1) is 9.48. The number of sulfone groups is 1. The second-order valence-corrected chi connectivity index (χ2v) is 8.40. The summed E-state index contributed by atoms with van der Waals surface area (Å²) in [5.74, 6) is -0.254. The summed E-state index contributed by atoms with van der Waals surface area (Å²) in [5.41, 5.74) is -0.129. The number of amides is 1. The molecular formula is C14H20ClNO4S. The monoisotopic (exact) mass is 333 g/mol. The molecule has 21 heavy (non-hydrogen) atoms. The number of ether oxygens (including phenoxy) is 1. The first-order valence-corrected chi connectivity index (χ1v) is 8.83. The van der Waals surface area contributed by atoms with E-state index in [4.69, 9.17) is 16.3 Å². The highest BCUT2D eigenvalue weighted by Gasteiger charge is 2.24. The summed E-state index contributed by atoms with van der Waals surface area (Å²) in [7, 11) is -3.31. The first kappa shape index (κ1) is 17.8. The third kappa shape index (κ3) is 6.82. The van der Waals surface area contributed by atoms with Crippen molar-refractivity contribution >= 4 is 27.5 Å². The molecule has 1 unspecified atom stereocenters. The molecule has 1 amide bonds. The zero-order valence-corrected chi connectivity index (χ0v) is 14.1. The molecule has 1 rings (SSSR count). The molecule has 0 saturated carbocycles. The van der Waals surface area contributed by atoms with Gasteiger partial charge < -0.3 is 10.1 Å². The molecule has 5 nitrogen and oxygen atoms in total. The molecule has 0 saturated heterocycles. The molecule has 0 bridgehead atoms. The third-order valence-electron chi connectivity index (χ3n) is 2.44. The van der Waals surface area contributed by atoms with Crippen molar-refractivity contribution in [3.63, 3.8) is 0 Å². The van der Waals surface area contributed by atoms with E-state index in [1.165, 1.54) is 0 Å². The number of carbonyl (C=O) groups excluding carboxylic acids is 1. The normalized spacial score (nSPS) is 13.6. The molecule has 7 heteroatoms. The average Bonchev–Trinajstić information content (AvgIpc) is 2.24. The molecule has 0 heterocycles. The van der Waals surface area contributed by atoms with Crippen molar-refractivity contribution in [2.75, 3.05) is 12.0 Å². The van der Waals surface area contributed by atoms with Gasteiger partial charge in [0.1, 0.15) is 15.4 Å². The maximum absolute atomic E-state index is 11.9. The van der Waals surface area contributed by atoms with Gasteiger partial charge in [-0.2, -0.15) is 0 Å². The summed E-state index contributed by atoms with van der Waals surface area (Å²) in [6, 6.07) is 6.02. The highest BCUT2D eigenvalue weighted by molar-refractivity contribution is 7.90. The van der Waals surface area contributed by atoms with E-state index in [9.17, 15) is 13.2 Å². The van der Waals surface area contributed by atoms with Crippen molar-refractivity contribution in [1.82, 2.24) is 5.32 Å². The van der Waals surface area contributed by atoms with Crippen LogP contribution in [0.2, 0.25) is 5.02 Å². The van der Waals surface area contributed by atoms with E-state index in [1.54, 1.807) is 45.0 Å². The number of carbonyl (C=O) groups is 1. The summed E-state index contributed by atoms with van der Waals surface area (Å²) in [6.45, 7) is 5.19. The van der Waals surface area contributed by atoms with Crippen LogP contribution in [0.1, 0.15) is 32.4 Å². The van der Waals surface area contributed by atoms with Gasteiger partial charge in [-0.3, -0.25) is 0 Å². The van der Waals surface area contributed by atoms with E-state index in [-0.39, 0.29) is 5.75 Å². The van der Waals surface area contributed by atoms with E-state index < -0.39 is 27.6 Å². The van der Waals surface area contributed by atoms with Crippen molar-refractivity contribution in [2.24, 2.45) is 0 Å². The van der Waals surface area contributed by atoms with Gasteiger partial charge in [0.25, 0.3) is 0 Å². The van der Waals surface area contributed by atoms with Crippen LogP contribution in [0, 0.1) is 0 Å². The van der Waals surface area contributed by atoms with Gasteiger partial charge in [0, 0.05) is 11.3 Å². The minimum Gasteiger partial charge on any atom is -0.444 e. The van der Waals surface area contributed by atoms with Crippen LogP contribution in [0.4, 0.5) is 4.79 Å². The number of rotatable bonds is 4. The standard InChI is InChI=1S/C14H20ClNO4S/c1-14(2,3)20-13(17)16-12(9-21(4,18)19)10-7-5-6-8-11(10)15/h5-8,12H,9H2,1-4H3,(H,16,17). The zero-order chi connectivity index (χ0) is 16.3. The van der Waals surface area contributed by atoms with Crippen LogP contribution in [-0.2, 0) is 14.6 Å². The van der Waals surface area contributed by atoms with Crippen LogP contribution < -0.4 is 5.32 Å². The average molecular weight is 334 g/mol. The quantitative estimate of drug-likeness (QED) is 0.919. The fraction of sp³-hybridized carbons (Fsp3) is 0.500. The number of halogens is 1. The molecule has 1 aromatic carbocycles. The van der Waals surface area contributed by atoms with Crippen molar-refractivity contribution in [2.45, 2.75) is 32.4 Å². The topological polar surface area (TPSA) is 72.5 Å². The molecule has 0 radical (unpaired) electrons. The van der Waals surface area contributed by atoms with Gasteiger partial charge >= 0.3 is 6.09 Å². The molecule has 0 spiro atoms. The first-order valence-electron chi connectivity index (χ1n) is 6.39. The van der Waals surface area contributed by atoms with Gasteiger partial charge in [-0.25, -0.2) is 13.2 Å². The van der Waals surface area contributed by atoms with Crippen LogP contribution in [0.5, 0.6) is 0 Å². The fourth-order valence-electron chi connectivity index (χ4n) is 1.72. The van der Waals surface area contributed by atoms with E-state index >= 15 is 0 Å². The van der Waals surface area contributed by atoms with Gasteiger partial charge in [-0.15, -0.1) is 0 Å². The minimum atomic E-state index is -3.31. The van der Waals surface area contributed by atoms with Crippen molar-refractivity contribution in [1.29, 1.82) is 0 Å². The van der Waals surface area contributed by atoms with E-state index in [0.29, 0.717) is 10.6 Å². The maximum atomic E-state index is 11.9. The Hall–Kier alpha value is -1.27. The molecule has 0 aromatic heterocycles. The van der Waals surface area contributed by atoms with Gasteiger partial charge in [0.2, 0.25) is 0 Å². The van der Waals surface area contributed by atoms with Gasteiger partial charge in [-0.1, -0.05) is 29.8 Å². The van der Waals surface area contributed by atoms with E-state index in [1.807, 2.05) is 0 Å². The molecule has 1 aromatic rings. The van der Waals surface area contributed by atoms with Gasteiger partial charge in [-0.05, 0) is 32.4 Å². The second-order valence-electron chi connectivity index (χ2n) is 5.81. The fourth-order valence-corrected chi connectivity index (χ4v) is 2.86. The Balaban J connectivity index is 2.99. The van der Waals surface area contributed by atoms with Crippen LogP contribution in [0.25, 0.3) is 0 Å². The molecule has 1 atom stereocenters. The lowest BCUT2D eigenvalue weighted by Gasteiger charge is -2.24. The summed E-state index contributed by atoms with van der Waals surface area (Å²) >= 11 is 6.08. The lowest BCUT2D eigenvalue weighted by Crippen LogP contribution is -2.37. The van der Waals surface area contributed by atoms with Crippen LogP contribution >= 0.6 is 11.6 Å². The number of nitrogens with one attached hydrogen (secondary N) is 1. The molecule has 0 fully saturated rings. The number of benzene rings is 1. The predicted molar refractivity (Wildman–Crippen MR) is 83.3 cm³/mol. The Kier molecular flexibility index (Phi) is 5.64. The van der Waals surface area contributed by atoms with Crippen LogP contribution in [-0.4, -0.2) is 32.1 Å². The summed E-state index contributed by atoms with van der Waals surface area (Å²) in [6.07, 6.45) is 0.421. The third-order valence-corrected chi connectivity index (χ3v) is 3.72. The maximum Gasteiger partial charge on any atom is 0.408 e. The summed E-state index contributed by atoms with van der Waals surface area (Å²) in [5, 5.41) is 2.95. The van der Waals surface area contributed by atoms with Crippen LogP contribution in [0.3, 0.4) is 0 Å². The summed E-state index contributed by atoms with van der Waals surface area (Å²) in [4.78, 5) is 11.9. The Morgan fingerprint density at radius 2 is 1.90 bits per heavy atom. The number of alkyl carbamates (subject to hydrolysis) is 1. The Labute approximate surface area is 130 Å². The SMILES string of the molecule is CC(C)(C)OC(=O)NC(CS(C)(=O)=O)c1ccccc1Cl. The van der Waals surface area contributed by atoms with Gasteiger partial charge in [0.05, 0.1) is 11.8 Å². The summed E-state index contributed by atoms with van der Waals surface area (Å²) < 4.78 is 28.3. The predicted octanol–water partition coefficient (Wildman–Crippen LogP) is 2.95. The largest absolute Gasteiger partial charge is 0.444 e. The number of hydrogen-bond acceptors (Lipinski definition) is 4. The molecule has 0 aliphatic heterocycles. The van der Waals surface area contributed by atoms with Crippen molar-refractivity contribution in [3.8, 4) is 0 Å². The van der Waals surface area contributed by atoms with Crippen LogP contribution in [0.15, 0.2) is 24.3 Å². The molecule has 0 aliphatic rings. The zero-order valence-electron chi connectivity index (χ0n) is 12.5. The second kappa shape index (κ2) is 6.66. The molecular weight excluding hydrogens is 314 g/mol. The Morgan fingerprint density at radius 1 is 1.33 bits per heavy atom. The highest BCUT2D eigenvalue weighted by Crippen LogP contribution is 2.24. The lowest BCUT2D eigenvalue weighted by atomic mass is 10.1. The minimum absolute atomic E-state index is 0.254. The molecule has 118 valence electrons. The molecule has 0 aliphatic carbocycles. The van der Waals surface area contributed by atoms with E-state index in [2.05, 4.69) is 5.32 Å². The van der Waals surface area contributed by atoms with Crippen molar-refractivity contribution < 1.29 is 17.9 Å². The highest BCUT2D eigenvalue weighted by atomic mass is 35.5. The Morgan fingerprint density at radius 3 is 2.38 bits per heavy atom. The van der Waals surface area contributed by atoms with E-state index in [0.717, 1.165) is 6.26 Å². The Bertz CT molecular complexity index is 608. The molecule has 1 N–H and O–H groups in total. The van der Waals surface area contributed by atoms with Crippen molar-refractivity contribution in [3.05, 3.63) is 34.9 Å².